The molecule has 0 nitrogen and oxygen atoms in total. The van der Waals surface area contributed by atoms with Gasteiger partial charge in [-0.1, -0.05) is 74.4 Å². The molecule has 0 spiro atoms. The third-order valence-corrected chi connectivity index (χ3v) is 3.10. The molecule has 0 heteroatoms. The lowest BCUT2D eigenvalue weighted by atomic mass is 10.0. The topological polar surface area (TPSA) is 0 Å². The quantitative estimate of drug-likeness (QED) is 0.594. The van der Waals surface area contributed by atoms with Gasteiger partial charge in [-0.15, -0.1) is 0 Å². The van der Waals surface area contributed by atoms with Gasteiger partial charge in [0.25, 0.3) is 0 Å². The minimum absolute atomic E-state index is 1.19. The van der Waals surface area contributed by atoms with E-state index in [9.17, 15) is 0 Å². The highest BCUT2D eigenvalue weighted by molar-refractivity contribution is 5.90. The smallest absolute Gasteiger partial charge is 0.0112 e. The van der Waals surface area contributed by atoms with Gasteiger partial charge in [-0.25, -0.2) is 0 Å². The normalized spacial score (nSPS) is 11.4. The van der Waals surface area contributed by atoms with E-state index in [0.717, 1.165) is 0 Å². The Hall–Kier alpha value is -1.56. The first-order valence-corrected chi connectivity index (χ1v) is 6.56. The van der Waals surface area contributed by atoms with Crippen LogP contribution in [0, 0.1) is 0 Å². The number of fused-ring (bicyclic) bond motifs is 1. The molecule has 0 aliphatic rings. The van der Waals surface area contributed by atoms with Crippen molar-refractivity contribution in [2.75, 3.05) is 0 Å². The van der Waals surface area contributed by atoms with Crippen LogP contribution in [0.1, 0.15) is 38.2 Å². The zero-order valence-corrected chi connectivity index (χ0v) is 10.5. The summed E-state index contributed by atoms with van der Waals surface area (Å²) in [5, 5.41) is 2.67. The third-order valence-electron chi connectivity index (χ3n) is 3.10. The van der Waals surface area contributed by atoms with Gasteiger partial charge in [0.15, 0.2) is 0 Å². The Bertz CT molecular complexity index is 489. The summed E-state index contributed by atoms with van der Waals surface area (Å²) < 4.78 is 0. The van der Waals surface area contributed by atoms with Crippen molar-refractivity contribution in [2.24, 2.45) is 0 Å². The van der Waals surface area contributed by atoms with Gasteiger partial charge in [0.1, 0.15) is 0 Å². The van der Waals surface area contributed by atoms with Crippen molar-refractivity contribution in [1.29, 1.82) is 0 Å². The molecule has 17 heavy (non-hydrogen) atoms. The molecule has 0 unspecified atom stereocenters. The molecule has 0 saturated heterocycles. The average molecular weight is 224 g/mol. The first-order valence-electron chi connectivity index (χ1n) is 6.56. The highest BCUT2D eigenvalue weighted by Gasteiger charge is 1.95. The summed E-state index contributed by atoms with van der Waals surface area (Å²) >= 11 is 0. The largest absolute Gasteiger partial charge is 0.0839 e. The van der Waals surface area contributed by atoms with E-state index in [4.69, 9.17) is 0 Å². The minimum Gasteiger partial charge on any atom is -0.0839 e. The lowest BCUT2D eigenvalue weighted by Gasteiger charge is -2.01. The van der Waals surface area contributed by atoms with Crippen molar-refractivity contribution in [2.45, 2.75) is 32.6 Å². The summed E-state index contributed by atoms with van der Waals surface area (Å²) in [4.78, 5) is 0. The van der Waals surface area contributed by atoms with Crippen LogP contribution in [0.3, 0.4) is 0 Å². The van der Waals surface area contributed by atoms with Crippen molar-refractivity contribution in [3.8, 4) is 0 Å². The molecule has 0 heterocycles. The monoisotopic (exact) mass is 224 g/mol. The number of allylic oxidation sites excluding steroid dienone is 1. The molecule has 0 aliphatic heterocycles. The second-order valence-electron chi connectivity index (χ2n) is 4.47. The van der Waals surface area contributed by atoms with Crippen LogP contribution in [0.15, 0.2) is 48.5 Å². The number of benzene rings is 2. The van der Waals surface area contributed by atoms with Crippen LogP contribution in [-0.2, 0) is 0 Å². The van der Waals surface area contributed by atoms with Gasteiger partial charge in [0.2, 0.25) is 0 Å². The Morgan fingerprint density at radius 1 is 0.941 bits per heavy atom. The van der Waals surface area contributed by atoms with Crippen molar-refractivity contribution >= 4 is 16.8 Å². The van der Waals surface area contributed by atoms with Gasteiger partial charge in [0.05, 0.1) is 0 Å². The Morgan fingerprint density at radius 2 is 1.76 bits per heavy atom. The van der Waals surface area contributed by atoms with Gasteiger partial charge in [-0.05, 0) is 29.2 Å². The third kappa shape index (κ3) is 3.20. The average Bonchev–Trinajstić information content (AvgIpc) is 2.39. The molecule has 0 fully saturated rings. The Balaban J connectivity index is 2.13. The SMILES string of the molecule is CCCCC/C=C\c1cccc2ccccc12. The number of hydrogen-bond acceptors (Lipinski definition) is 0. The molecule has 0 radical (unpaired) electrons. The fourth-order valence-electron chi connectivity index (χ4n) is 2.12. The van der Waals surface area contributed by atoms with E-state index in [2.05, 4.69) is 61.5 Å². The molecule has 0 atom stereocenters. The van der Waals surface area contributed by atoms with E-state index in [1.165, 1.54) is 42.0 Å². The Labute approximate surface area is 104 Å². The summed E-state index contributed by atoms with van der Waals surface area (Å²) in [6.45, 7) is 2.24. The molecule has 0 N–H and O–H groups in total. The van der Waals surface area contributed by atoms with Crippen LogP contribution in [0.5, 0.6) is 0 Å². The van der Waals surface area contributed by atoms with Crippen molar-refractivity contribution in [1.82, 2.24) is 0 Å². The lowest BCUT2D eigenvalue weighted by Crippen LogP contribution is -1.77. The Morgan fingerprint density at radius 3 is 2.65 bits per heavy atom. The Kier molecular flexibility index (Phi) is 4.37. The number of rotatable bonds is 5. The molecule has 0 aliphatic carbocycles. The molecule has 88 valence electrons. The van der Waals surface area contributed by atoms with Crippen molar-refractivity contribution < 1.29 is 0 Å². The summed E-state index contributed by atoms with van der Waals surface area (Å²) in [5.74, 6) is 0. The highest BCUT2D eigenvalue weighted by Crippen LogP contribution is 2.19. The van der Waals surface area contributed by atoms with Gasteiger partial charge < -0.3 is 0 Å². The highest BCUT2D eigenvalue weighted by atomic mass is 14.0. The molecule has 0 amide bonds. The zero-order valence-electron chi connectivity index (χ0n) is 10.5. The summed E-state index contributed by atoms with van der Waals surface area (Å²) in [6.07, 6.45) is 9.69. The van der Waals surface area contributed by atoms with Crippen molar-refractivity contribution in [3.63, 3.8) is 0 Å². The molecule has 2 aromatic rings. The first kappa shape index (κ1) is 11.9. The molecule has 2 rings (SSSR count). The van der Waals surface area contributed by atoms with Gasteiger partial charge >= 0.3 is 0 Å². The second-order valence-corrected chi connectivity index (χ2v) is 4.47. The van der Waals surface area contributed by atoms with E-state index in [1.54, 1.807) is 0 Å². The van der Waals surface area contributed by atoms with Crippen LogP contribution < -0.4 is 0 Å². The van der Waals surface area contributed by atoms with Gasteiger partial charge in [0, 0.05) is 0 Å². The molecule has 0 aromatic heterocycles. The van der Waals surface area contributed by atoms with Crippen LogP contribution >= 0.6 is 0 Å². The lowest BCUT2D eigenvalue weighted by molar-refractivity contribution is 0.730. The number of unbranched alkanes of at least 4 members (excludes halogenated alkanes) is 3. The van der Waals surface area contributed by atoms with Gasteiger partial charge in [-0.2, -0.15) is 0 Å². The predicted molar refractivity (Wildman–Crippen MR) is 77.1 cm³/mol. The van der Waals surface area contributed by atoms with E-state index < -0.39 is 0 Å². The minimum atomic E-state index is 1.19. The van der Waals surface area contributed by atoms with E-state index in [1.807, 2.05) is 0 Å². The molecule has 0 bridgehead atoms. The molecule has 2 aromatic carbocycles. The van der Waals surface area contributed by atoms with E-state index in [-0.39, 0.29) is 0 Å². The van der Waals surface area contributed by atoms with E-state index in [0.29, 0.717) is 0 Å². The van der Waals surface area contributed by atoms with Crippen LogP contribution in [-0.4, -0.2) is 0 Å². The summed E-state index contributed by atoms with van der Waals surface area (Å²) in [6, 6.07) is 15.1. The van der Waals surface area contributed by atoms with Crippen LogP contribution in [0.4, 0.5) is 0 Å². The van der Waals surface area contributed by atoms with Crippen LogP contribution in [0.25, 0.3) is 16.8 Å². The fourth-order valence-corrected chi connectivity index (χ4v) is 2.12. The summed E-state index contributed by atoms with van der Waals surface area (Å²) in [7, 11) is 0. The molecular weight excluding hydrogens is 204 g/mol. The second kappa shape index (κ2) is 6.24. The standard InChI is InChI=1S/C17H20/c1-2-3-4-5-6-10-15-12-9-13-16-11-7-8-14-17(15)16/h6-14H,2-5H2,1H3/b10-6-. The van der Waals surface area contributed by atoms with Crippen LogP contribution in [0.2, 0.25) is 0 Å². The van der Waals surface area contributed by atoms with Gasteiger partial charge in [-0.3, -0.25) is 0 Å². The maximum atomic E-state index is 2.30. The summed E-state index contributed by atoms with van der Waals surface area (Å²) in [5.41, 5.74) is 1.33. The molecular formula is C17H20. The maximum absolute atomic E-state index is 2.30. The van der Waals surface area contributed by atoms with Crippen molar-refractivity contribution in [3.05, 3.63) is 54.1 Å². The maximum Gasteiger partial charge on any atom is -0.0112 e. The first-order chi connectivity index (χ1) is 8.42. The molecule has 0 saturated carbocycles. The predicted octanol–water partition coefficient (Wildman–Crippen LogP) is 5.43. The fraction of sp³-hybridized carbons (Fsp3) is 0.294. The zero-order chi connectivity index (χ0) is 11.9. The number of hydrogen-bond donors (Lipinski definition) is 0. The van der Waals surface area contributed by atoms with E-state index >= 15 is 0 Å².